The first-order chi connectivity index (χ1) is 11.0. The van der Waals surface area contributed by atoms with E-state index in [0.717, 1.165) is 12.1 Å². The van der Waals surface area contributed by atoms with Crippen LogP contribution in [0.1, 0.15) is 5.56 Å². The highest BCUT2D eigenvalue weighted by molar-refractivity contribution is 8.22. The van der Waals surface area contributed by atoms with Crippen molar-refractivity contribution in [3.63, 3.8) is 0 Å². The quantitative estimate of drug-likeness (QED) is 0.609. The monoisotopic (exact) mass is 413 g/mol. The summed E-state index contributed by atoms with van der Waals surface area (Å²) in [6, 6.07) is 4.74. The highest BCUT2D eigenvalue weighted by atomic mass is 32.3. The highest BCUT2D eigenvalue weighted by Gasteiger charge is 2.55. The van der Waals surface area contributed by atoms with Crippen molar-refractivity contribution in [1.82, 2.24) is 0 Å². The molecule has 0 saturated heterocycles. The average molecular weight is 413 g/mol. The van der Waals surface area contributed by atoms with Crippen LogP contribution >= 0.6 is 0 Å². The zero-order chi connectivity index (χ0) is 19.8. The molecule has 25 heavy (non-hydrogen) atoms. The summed E-state index contributed by atoms with van der Waals surface area (Å²) in [7, 11) is -9.87. The Morgan fingerprint density at radius 3 is 1.72 bits per heavy atom. The summed E-state index contributed by atoms with van der Waals surface area (Å²) in [5.41, 5.74) is -12.0. The van der Waals surface area contributed by atoms with Gasteiger partial charge >= 0.3 is 11.0 Å². The third kappa shape index (κ3) is 4.39. The van der Waals surface area contributed by atoms with Gasteiger partial charge in [0.15, 0.2) is 9.80 Å². The molecule has 0 aromatic heterocycles. The molecular formula is C12H13F6NO4S2. The summed E-state index contributed by atoms with van der Waals surface area (Å²) < 4.78 is 117. The fraction of sp³-hybridized carbons (Fsp3) is 0.417. The molecule has 0 aliphatic rings. The van der Waals surface area contributed by atoms with E-state index >= 15 is 0 Å². The van der Waals surface area contributed by atoms with Crippen LogP contribution < -0.4 is 4.90 Å². The molecule has 0 radical (unpaired) electrons. The summed E-state index contributed by atoms with van der Waals surface area (Å²) in [6.45, 7) is 0. The van der Waals surface area contributed by atoms with Crippen LogP contribution in [0, 0.1) is 0 Å². The van der Waals surface area contributed by atoms with E-state index in [4.69, 9.17) is 4.55 Å². The molecule has 1 aromatic carbocycles. The predicted octanol–water partition coefficient (Wildman–Crippen LogP) is 2.64. The van der Waals surface area contributed by atoms with Gasteiger partial charge in [-0.3, -0.25) is 0 Å². The number of alkyl halides is 6. The number of hydrogen-bond acceptors (Lipinski definition) is 4. The molecule has 0 fully saturated rings. The van der Waals surface area contributed by atoms with Crippen molar-refractivity contribution >= 4 is 29.5 Å². The van der Waals surface area contributed by atoms with Crippen LogP contribution in [-0.4, -0.2) is 46.5 Å². The minimum atomic E-state index is -6.64. The lowest BCUT2D eigenvalue weighted by atomic mass is 10.1. The fourth-order valence-electron chi connectivity index (χ4n) is 1.68. The molecule has 0 saturated carbocycles. The van der Waals surface area contributed by atoms with E-state index in [2.05, 4.69) is 0 Å². The van der Waals surface area contributed by atoms with Gasteiger partial charge in [0.1, 0.15) is 4.20 Å². The number of rotatable bonds is 3. The maximum Gasteiger partial charge on any atom is 0.502 e. The van der Waals surface area contributed by atoms with Gasteiger partial charge in [0.05, 0.1) is 0 Å². The van der Waals surface area contributed by atoms with E-state index < -0.39 is 41.3 Å². The zero-order valence-electron chi connectivity index (χ0n) is 12.7. The van der Waals surface area contributed by atoms with Crippen LogP contribution in [-0.2, 0) is 26.1 Å². The maximum absolute atomic E-state index is 12.7. The molecule has 1 aromatic rings. The van der Waals surface area contributed by atoms with Crippen LogP contribution in [0.4, 0.5) is 32.0 Å². The second kappa shape index (κ2) is 6.68. The molecule has 0 heterocycles. The molecule has 5 nitrogen and oxygen atoms in total. The van der Waals surface area contributed by atoms with E-state index in [1.165, 1.54) is 12.1 Å². The molecule has 1 N–H and O–H groups in total. The Morgan fingerprint density at radius 1 is 0.960 bits per heavy atom. The van der Waals surface area contributed by atoms with Crippen molar-refractivity contribution in [1.29, 1.82) is 0 Å². The normalized spacial score (nSPS) is 15.6. The molecule has 1 rings (SSSR count). The van der Waals surface area contributed by atoms with Gasteiger partial charge in [0.25, 0.3) is 9.84 Å². The molecule has 0 spiro atoms. The molecule has 0 bridgehead atoms. The lowest BCUT2D eigenvalue weighted by Gasteiger charge is -2.18. The first kappa shape index (κ1) is 21.6. The van der Waals surface area contributed by atoms with Gasteiger partial charge in [-0.25, -0.2) is 12.6 Å². The molecule has 1 unspecified atom stereocenters. The largest absolute Gasteiger partial charge is 0.502 e. The zero-order valence-corrected chi connectivity index (χ0v) is 14.4. The predicted molar refractivity (Wildman–Crippen MR) is 81.3 cm³/mol. The Labute approximate surface area is 140 Å². The first-order valence-corrected chi connectivity index (χ1v) is 9.28. The number of sulfone groups is 1. The van der Waals surface area contributed by atoms with E-state index in [9.17, 15) is 39.0 Å². The van der Waals surface area contributed by atoms with Gasteiger partial charge in [-0.05, 0) is 17.7 Å². The van der Waals surface area contributed by atoms with Crippen LogP contribution in [0.15, 0.2) is 24.3 Å². The Hall–Kier alpha value is -1.47. The Morgan fingerprint density at radius 2 is 1.40 bits per heavy atom. The minimum Gasteiger partial charge on any atom is -0.378 e. The van der Waals surface area contributed by atoms with Crippen LogP contribution in [0.25, 0.3) is 0 Å². The minimum absolute atomic E-state index is 0.306. The number of benzene rings is 1. The van der Waals surface area contributed by atoms with E-state index in [-0.39, 0.29) is 5.56 Å². The average Bonchev–Trinajstić information content (AvgIpc) is 2.42. The van der Waals surface area contributed by atoms with Gasteiger partial charge in [-0.2, -0.15) is 26.3 Å². The molecule has 13 heteroatoms. The highest BCUT2D eigenvalue weighted by Crippen LogP contribution is 2.32. The number of anilines is 1. The van der Waals surface area contributed by atoms with Crippen molar-refractivity contribution in [2.75, 3.05) is 19.0 Å². The molecular weight excluding hydrogens is 400 g/mol. The molecule has 0 aliphatic carbocycles. The van der Waals surface area contributed by atoms with E-state index in [1.807, 2.05) is 0 Å². The van der Waals surface area contributed by atoms with Crippen LogP contribution in [0.2, 0.25) is 0 Å². The van der Waals surface area contributed by atoms with Crippen LogP contribution in [0.3, 0.4) is 0 Å². The molecule has 1 atom stereocenters. The van der Waals surface area contributed by atoms with Gasteiger partial charge < -0.3 is 9.45 Å². The van der Waals surface area contributed by atoms with Crippen molar-refractivity contribution in [2.24, 2.45) is 0 Å². The van der Waals surface area contributed by atoms with Crippen molar-refractivity contribution < 1.29 is 43.5 Å². The third-order valence-corrected chi connectivity index (χ3v) is 7.11. The Bertz CT molecular complexity index is 847. The number of nitrogens with zero attached hydrogens (tertiary/aromatic N) is 1. The topological polar surface area (TPSA) is 74.7 Å². The lowest BCUT2D eigenvalue weighted by molar-refractivity contribution is -0.0458. The summed E-state index contributed by atoms with van der Waals surface area (Å²) >= 11 is 0. The smallest absolute Gasteiger partial charge is 0.378 e. The van der Waals surface area contributed by atoms with Crippen LogP contribution in [0.5, 0.6) is 0 Å². The number of hydrogen-bond donors (Lipinski definition) is 1. The van der Waals surface area contributed by atoms with Crippen molar-refractivity contribution in [3.8, 4) is 0 Å². The van der Waals surface area contributed by atoms with Crippen molar-refractivity contribution in [3.05, 3.63) is 29.8 Å². The standard InChI is InChI=1S/C12H13F6NO4S2/c1-19(2)9-5-3-8(4-6-9)7-10(24(20,21)11(13,14)15)25(22,23)12(16,17)18/h3-6H,7H2,1-2H3,(H,20,21). The summed E-state index contributed by atoms with van der Waals surface area (Å²) in [5.74, 6) is 0. The SMILES string of the molecule is CN(C)c1ccc(CC(S(=O)(=O)C(F)(F)F)=S(=O)(O)C(F)(F)F)cc1. The van der Waals surface area contributed by atoms with E-state index in [1.54, 1.807) is 19.0 Å². The lowest BCUT2D eigenvalue weighted by Crippen LogP contribution is -2.40. The van der Waals surface area contributed by atoms with Crippen molar-refractivity contribution in [2.45, 2.75) is 17.4 Å². The first-order valence-electron chi connectivity index (χ1n) is 6.28. The van der Waals surface area contributed by atoms with Gasteiger partial charge in [0, 0.05) is 26.2 Å². The molecule has 0 aliphatic heterocycles. The maximum atomic E-state index is 12.7. The van der Waals surface area contributed by atoms with Gasteiger partial charge in [-0.15, -0.1) is 0 Å². The fourth-order valence-corrected chi connectivity index (χ4v) is 4.67. The Kier molecular flexibility index (Phi) is 5.77. The number of halogens is 6. The second-order valence-electron chi connectivity index (χ2n) is 5.03. The summed E-state index contributed by atoms with van der Waals surface area (Å²) in [6.07, 6.45) is -1.51. The third-order valence-electron chi connectivity index (χ3n) is 3.03. The molecule has 144 valence electrons. The van der Waals surface area contributed by atoms with E-state index in [0.29, 0.717) is 5.69 Å². The van der Waals surface area contributed by atoms with Gasteiger partial charge in [-0.1, -0.05) is 12.1 Å². The molecule has 0 amide bonds. The summed E-state index contributed by atoms with van der Waals surface area (Å²) in [5, 5.41) is 0. The summed E-state index contributed by atoms with van der Waals surface area (Å²) in [4.78, 5) is 1.58. The van der Waals surface area contributed by atoms with Gasteiger partial charge in [0.2, 0.25) is 0 Å². The second-order valence-corrected chi connectivity index (χ2v) is 9.26. The Balaban J connectivity index is 3.62.